The van der Waals surface area contributed by atoms with E-state index in [-0.39, 0.29) is 12.0 Å². The molecule has 5 nitrogen and oxygen atoms in total. The number of benzene rings is 2. The highest BCUT2D eigenvalue weighted by Gasteiger charge is 2.52. The van der Waals surface area contributed by atoms with Crippen LogP contribution in [0.2, 0.25) is 0 Å². The van der Waals surface area contributed by atoms with Gasteiger partial charge in [-0.2, -0.15) is 0 Å². The van der Waals surface area contributed by atoms with Crippen LogP contribution in [-0.2, 0) is 15.0 Å². The fourth-order valence-corrected chi connectivity index (χ4v) is 6.78. The second kappa shape index (κ2) is 8.12. The van der Waals surface area contributed by atoms with Gasteiger partial charge in [0.05, 0.1) is 0 Å². The molecule has 0 amide bonds. The minimum absolute atomic E-state index is 0.0861. The third-order valence-corrected chi connectivity index (χ3v) is 7.60. The molecule has 4 bridgehead atoms. The molecule has 2 aromatic carbocycles. The third-order valence-electron chi connectivity index (χ3n) is 7.60. The molecule has 0 heterocycles. The van der Waals surface area contributed by atoms with Gasteiger partial charge in [0.1, 0.15) is 5.75 Å². The molecule has 4 aliphatic carbocycles. The second-order valence-electron chi connectivity index (χ2n) is 9.88. The van der Waals surface area contributed by atoms with E-state index < -0.39 is 11.9 Å². The van der Waals surface area contributed by atoms with Crippen molar-refractivity contribution in [3.63, 3.8) is 0 Å². The van der Waals surface area contributed by atoms with E-state index >= 15 is 0 Å². The van der Waals surface area contributed by atoms with E-state index in [2.05, 4.69) is 6.07 Å². The van der Waals surface area contributed by atoms with Crippen molar-refractivity contribution in [2.75, 3.05) is 6.61 Å². The summed E-state index contributed by atoms with van der Waals surface area (Å²) < 4.78 is 5.79. The molecular formula is C27H28O5. The predicted octanol–water partition coefficient (Wildman–Crippen LogP) is 5.38. The van der Waals surface area contributed by atoms with Gasteiger partial charge in [-0.05, 0) is 96.6 Å². The van der Waals surface area contributed by atoms with Crippen LogP contribution in [0.15, 0.2) is 48.5 Å². The predicted molar refractivity (Wildman–Crippen MR) is 122 cm³/mol. The Balaban J connectivity index is 1.51. The molecule has 2 aromatic rings. The van der Waals surface area contributed by atoms with Gasteiger partial charge in [0.15, 0.2) is 6.61 Å². The lowest BCUT2D eigenvalue weighted by atomic mass is 9.48. The van der Waals surface area contributed by atoms with Crippen molar-refractivity contribution < 1.29 is 24.5 Å². The zero-order valence-electron chi connectivity index (χ0n) is 18.0. The van der Waals surface area contributed by atoms with Gasteiger partial charge in [-0.25, -0.2) is 9.59 Å². The van der Waals surface area contributed by atoms with Gasteiger partial charge in [-0.15, -0.1) is 0 Å². The van der Waals surface area contributed by atoms with Crippen molar-refractivity contribution in [2.45, 2.75) is 43.9 Å². The topological polar surface area (TPSA) is 83.8 Å². The van der Waals surface area contributed by atoms with Crippen molar-refractivity contribution >= 4 is 18.0 Å². The Bertz CT molecular complexity index is 1030. The molecule has 4 aliphatic rings. The van der Waals surface area contributed by atoms with Crippen LogP contribution in [-0.4, -0.2) is 28.8 Å². The summed E-state index contributed by atoms with van der Waals surface area (Å²) in [5.74, 6) is 1.11. The highest BCUT2D eigenvalue weighted by Crippen LogP contribution is 2.62. The van der Waals surface area contributed by atoms with Gasteiger partial charge in [-0.1, -0.05) is 30.3 Å². The van der Waals surface area contributed by atoms with Crippen LogP contribution in [0.1, 0.15) is 49.7 Å². The molecular weight excluding hydrogens is 404 g/mol. The fourth-order valence-electron chi connectivity index (χ4n) is 6.78. The minimum Gasteiger partial charge on any atom is -0.482 e. The van der Waals surface area contributed by atoms with E-state index in [4.69, 9.17) is 14.9 Å². The molecule has 2 N–H and O–H groups in total. The Morgan fingerprint density at radius 1 is 0.906 bits per heavy atom. The maximum atomic E-state index is 11.2. The quantitative estimate of drug-likeness (QED) is 0.574. The SMILES string of the molecule is O=C(O)C=Cc1ccc(-c2ccc(OCC(=O)O)c(C34CC5CC(CC(C5)C3)C4)c2)cc1. The van der Waals surface area contributed by atoms with Crippen LogP contribution in [0, 0.1) is 17.8 Å². The van der Waals surface area contributed by atoms with Crippen molar-refractivity contribution in [2.24, 2.45) is 17.8 Å². The molecule has 0 radical (unpaired) electrons. The first-order valence-electron chi connectivity index (χ1n) is 11.4. The van der Waals surface area contributed by atoms with Crippen LogP contribution < -0.4 is 4.74 Å². The highest BCUT2D eigenvalue weighted by molar-refractivity contribution is 5.85. The summed E-state index contributed by atoms with van der Waals surface area (Å²) >= 11 is 0. The summed E-state index contributed by atoms with van der Waals surface area (Å²) in [5, 5.41) is 18.0. The van der Waals surface area contributed by atoms with Gasteiger partial charge in [0, 0.05) is 11.6 Å². The summed E-state index contributed by atoms with van der Waals surface area (Å²) in [4.78, 5) is 21.9. The minimum atomic E-state index is -0.966. The second-order valence-corrected chi connectivity index (χ2v) is 9.88. The molecule has 0 aromatic heterocycles. The molecule has 4 fully saturated rings. The van der Waals surface area contributed by atoms with E-state index in [1.807, 2.05) is 36.4 Å². The Labute approximate surface area is 187 Å². The molecule has 0 spiro atoms. The molecule has 6 rings (SSSR count). The standard InChI is InChI=1S/C27H28O5/c28-25(29)8-3-17-1-4-21(5-2-17)22-6-7-24(32-16-26(30)31)23(12-22)27-13-18-9-19(14-27)11-20(10-18)15-27/h1-8,12,18-20H,9-11,13-16H2,(H,28,29)(H,30,31). The van der Waals surface area contributed by atoms with Gasteiger partial charge < -0.3 is 14.9 Å². The zero-order chi connectivity index (χ0) is 22.3. The molecule has 0 atom stereocenters. The highest BCUT2D eigenvalue weighted by atomic mass is 16.5. The van der Waals surface area contributed by atoms with Gasteiger partial charge >= 0.3 is 11.9 Å². The molecule has 166 valence electrons. The Morgan fingerprint density at radius 3 is 2.06 bits per heavy atom. The molecule has 32 heavy (non-hydrogen) atoms. The van der Waals surface area contributed by atoms with Crippen LogP contribution in [0.25, 0.3) is 17.2 Å². The van der Waals surface area contributed by atoms with Gasteiger partial charge in [0.2, 0.25) is 0 Å². The van der Waals surface area contributed by atoms with E-state index in [0.717, 1.165) is 40.5 Å². The summed E-state index contributed by atoms with van der Waals surface area (Å²) in [6, 6.07) is 14.0. The lowest BCUT2D eigenvalue weighted by molar-refractivity contribution is -0.139. The third kappa shape index (κ3) is 4.04. The molecule has 0 aliphatic heterocycles. The van der Waals surface area contributed by atoms with Crippen molar-refractivity contribution in [3.05, 3.63) is 59.7 Å². The van der Waals surface area contributed by atoms with Crippen LogP contribution in [0.4, 0.5) is 0 Å². The van der Waals surface area contributed by atoms with Crippen LogP contribution in [0.3, 0.4) is 0 Å². The van der Waals surface area contributed by atoms with Crippen molar-refractivity contribution in [3.8, 4) is 16.9 Å². The number of aliphatic carboxylic acids is 2. The summed E-state index contributed by atoms with van der Waals surface area (Å²) in [6.07, 6.45) is 10.3. The van der Waals surface area contributed by atoms with Gasteiger partial charge in [0.25, 0.3) is 0 Å². The number of hydrogen-bond acceptors (Lipinski definition) is 3. The van der Waals surface area contributed by atoms with E-state index in [0.29, 0.717) is 5.75 Å². The summed E-state index contributed by atoms with van der Waals surface area (Å²) in [5.41, 5.74) is 4.22. The summed E-state index contributed by atoms with van der Waals surface area (Å²) in [7, 11) is 0. The van der Waals surface area contributed by atoms with E-state index in [1.165, 1.54) is 44.1 Å². The zero-order valence-corrected chi connectivity index (χ0v) is 18.0. The number of carboxylic acid groups (broad SMARTS) is 2. The lowest BCUT2D eigenvalue weighted by Crippen LogP contribution is -2.48. The van der Waals surface area contributed by atoms with Crippen molar-refractivity contribution in [1.82, 2.24) is 0 Å². The molecule has 0 unspecified atom stereocenters. The first-order chi connectivity index (χ1) is 15.4. The Kier molecular flexibility index (Phi) is 5.28. The van der Waals surface area contributed by atoms with Crippen LogP contribution in [0.5, 0.6) is 5.75 Å². The monoisotopic (exact) mass is 432 g/mol. The fraction of sp³-hybridized carbons (Fsp3) is 0.407. The number of carboxylic acids is 2. The number of ether oxygens (including phenoxy) is 1. The smallest absolute Gasteiger partial charge is 0.341 e. The number of carbonyl (C=O) groups is 2. The van der Waals surface area contributed by atoms with E-state index in [9.17, 15) is 9.59 Å². The first-order valence-corrected chi connectivity index (χ1v) is 11.4. The van der Waals surface area contributed by atoms with Crippen LogP contribution >= 0.6 is 0 Å². The van der Waals surface area contributed by atoms with Gasteiger partial charge in [-0.3, -0.25) is 0 Å². The summed E-state index contributed by atoms with van der Waals surface area (Å²) in [6.45, 7) is -0.330. The largest absolute Gasteiger partial charge is 0.482 e. The average Bonchev–Trinajstić information content (AvgIpc) is 2.75. The lowest BCUT2D eigenvalue weighted by Gasteiger charge is -2.57. The van der Waals surface area contributed by atoms with Crippen molar-refractivity contribution in [1.29, 1.82) is 0 Å². The average molecular weight is 433 g/mol. The Hall–Kier alpha value is -3.08. The maximum Gasteiger partial charge on any atom is 0.341 e. The maximum absolute atomic E-state index is 11.2. The number of rotatable bonds is 7. The molecule has 4 saturated carbocycles. The first kappa shape index (κ1) is 20.8. The Morgan fingerprint density at radius 2 is 1.50 bits per heavy atom. The van der Waals surface area contributed by atoms with E-state index in [1.54, 1.807) is 6.08 Å². The molecule has 0 saturated heterocycles. The normalized spacial score (nSPS) is 28.2. The number of hydrogen-bond donors (Lipinski definition) is 2. The molecule has 5 heteroatoms.